The molecule has 1 fully saturated rings. The Morgan fingerprint density at radius 3 is 2.48 bits per heavy atom. The molecule has 0 radical (unpaired) electrons. The van der Waals surface area contributed by atoms with Crippen LogP contribution in [0.3, 0.4) is 0 Å². The third-order valence-electron chi connectivity index (χ3n) is 5.36. The molecule has 0 bridgehead atoms. The van der Waals surface area contributed by atoms with Crippen molar-refractivity contribution in [3.05, 3.63) is 35.9 Å². The van der Waals surface area contributed by atoms with Crippen LogP contribution in [-0.4, -0.2) is 40.6 Å². The number of hydrogen-bond donors (Lipinski definition) is 1. The van der Waals surface area contributed by atoms with Gasteiger partial charge in [-0.3, -0.25) is 9.59 Å². The van der Waals surface area contributed by atoms with Gasteiger partial charge in [0.25, 0.3) is 0 Å². The monoisotopic (exact) mass is 375 g/mol. The molecule has 1 saturated heterocycles. The van der Waals surface area contributed by atoms with E-state index < -0.39 is 16.9 Å². The largest absolute Gasteiger partial charge is 0.459 e. The van der Waals surface area contributed by atoms with Crippen molar-refractivity contribution in [2.45, 2.75) is 65.5 Å². The van der Waals surface area contributed by atoms with Crippen LogP contribution in [0.25, 0.3) is 0 Å². The topological polar surface area (TPSA) is 66.8 Å². The number of aliphatic hydroxyl groups excluding tert-OH is 1. The number of unbranched alkanes of at least 4 members (excludes halogenated alkanes) is 1. The Morgan fingerprint density at radius 2 is 1.93 bits per heavy atom. The molecule has 1 amide bonds. The second kappa shape index (κ2) is 8.42. The number of likely N-dealkylation sites (tertiary alicyclic amines) is 1. The van der Waals surface area contributed by atoms with E-state index in [1.807, 2.05) is 69.9 Å². The maximum Gasteiger partial charge on any atom is 0.314 e. The molecule has 5 heteroatoms. The minimum atomic E-state index is -0.886. The quantitative estimate of drug-likeness (QED) is 0.583. The molecule has 0 aliphatic carbocycles. The molecule has 3 atom stereocenters. The van der Waals surface area contributed by atoms with Crippen LogP contribution < -0.4 is 0 Å². The summed E-state index contributed by atoms with van der Waals surface area (Å²) in [6, 6.07) is 9.76. The van der Waals surface area contributed by atoms with Crippen LogP contribution in [0.2, 0.25) is 0 Å². The predicted octanol–water partition coefficient (Wildman–Crippen LogP) is 3.72. The minimum absolute atomic E-state index is 0.00217. The molecular weight excluding hydrogens is 342 g/mol. The molecule has 27 heavy (non-hydrogen) atoms. The van der Waals surface area contributed by atoms with Crippen molar-refractivity contribution in [2.75, 3.05) is 13.2 Å². The SMILES string of the molecule is C[C@H](c1ccccc1)N1C[C@@](C)(C(=O)OC(C)(C)C)C(CCCCO)C1=O. The van der Waals surface area contributed by atoms with Crippen molar-refractivity contribution in [2.24, 2.45) is 11.3 Å². The van der Waals surface area contributed by atoms with Gasteiger partial charge >= 0.3 is 5.97 Å². The van der Waals surface area contributed by atoms with Crippen LogP contribution in [0, 0.1) is 11.3 Å². The van der Waals surface area contributed by atoms with Crippen LogP contribution in [-0.2, 0) is 14.3 Å². The zero-order valence-electron chi connectivity index (χ0n) is 17.2. The Balaban J connectivity index is 2.29. The van der Waals surface area contributed by atoms with Crippen molar-refractivity contribution >= 4 is 11.9 Å². The summed E-state index contributed by atoms with van der Waals surface area (Å²) < 4.78 is 5.68. The second-order valence-electron chi connectivity index (χ2n) is 8.74. The summed E-state index contributed by atoms with van der Waals surface area (Å²) in [5.74, 6) is -0.747. The summed E-state index contributed by atoms with van der Waals surface area (Å²) in [5.41, 5.74) is -0.437. The normalized spacial score (nSPS) is 24.1. The van der Waals surface area contributed by atoms with Gasteiger partial charge in [0.15, 0.2) is 0 Å². The first-order valence-electron chi connectivity index (χ1n) is 9.80. The number of benzene rings is 1. The van der Waals surface area contributed by atoms with Gasteiger partial charge in [0.2, 0.25) is 5.91 Å². The first-order valence-corrected chi connectivity index (χ1v) is 9.80. The molecule has 1 unspecified atom stereocenters. The van der Waals surface area contributed by atoms with Crippen molar-refractivity contribution in [3.63, 3.8) is 0 Å². The fourth-order valence-electron chi connectivity index (χ4n) is 3.76. The van der Waals surface area contributed by atoms with E-state index in [-0.39, 0.29) is 24.5 Å². The minimum Gasteiger partial charge on any atom is -0.459 e. The van der Waals surface area contributed by atoms with E-state index in [4.69, 9.17) is 9.84 Å². The number of carbonyl (C=O) groups excluding carboxylic acids is 2. The highest BCUT2D eigenvalue weighted by Gasteiger charge is 2.55. The van der Waals surface area contributed by atoms with Gasteiger partial charge in [0, 0.05) is 13.2 Å². The third-order valence-corrected chi connectivity index (χ3v) is 5.36. The van der Waals surface area contributed by atoms with Gasteiger partial charge in [-0.05, 0) is 53.0 Å². The molecule has 1 aliphatic heterocycles. The smallest absolute Gasteiger partial charge is 0.314 e. The lowest BCUT2D eigenvalue weighted by Gasteiger charge is -2.31. The highest BCUT2D eigenvalue weighted by molar-refractivity contribution is 5.92. The van der Waals surface area contributed by atoms with E-state index in [1.54, 1.807) is 0 Å². The molecule has 150 valence electrons. The summed E-state index contributed by atoms with van der Waals surface area (Å²) in [5, 5.41) is 9.10. The van der Waals surface area contributed by atoms with E-state index in [2.05, 4.69) is 0 Å². The lowest BCUT2D eigenvalue weighted by atomic mass is 9.77. The summed E-state index contributed by atoms with van der Waals surface area (Å²) in [6.07, 6.45) is 1.91. The van der Waals surface area contributed by atoms with Crippen molar-refractivity contribution < 1.29 is 19.4 Å². The number of carbonyl (C=O) groups is 2. The molecule has 1 heterocycles. The first kappa shape index (κ1) is 21.4. The Morgan fingerprint density at radius 1 is 1.30 bits per heavy atom. The third kappa shape index (κ3) is 4.89. The number of hydrogen-bond acceptors (Lipinski definition) is 4. The zero-order chi connectivity index (χ0) is 20.2. The van der Waals surface area contributed by atoms with Crippen molar-refractivity contribution in [1.82, 2.24) is 4.90 Å². The number of amides is 1. The number of aliphatic hydroxyl groups is 1. The van der Waals surface area contributed by atoms with Crippen LogP contribution >= 0.6 is 0 Å². The fraction of sp³-hybridized carbons (Fsp3) is 0.636. The summed E-state index contributed by atoms with van der Waals surface area (Å²) >= 11 is 0. The predicted molar refractivity (Wildman–Crippen MR) is 105 cm³/mol. The summed E-state index contributed by atoms with van der Waals surface area (Å²) in [7, 11) is 0. The standard InChI is InChI=1S/C22H33NO4/c1-16(17-11-7-6-8-12-17)23-15-22(5,20(26)27-21(2,3)4)18(19(23)25)13-9-10-14-24/h6-8,11-12,16,18,24H,9-10,13-15H2,1-5H3/t16-,18?,22-/m1/s1. The number of nitrogens with zero attached hydrogens (tertiary/aromatic N) is 1. The molecular formula is C22H33NO4. The van der Waals surface area contributed by atoms with Gasteiger partial charge < -0.3 is 14.7 Å². The lowest BCUT2D eigenvalue weighted by Crippen LogP contribution is -2.41. The Hall–Kier alpha value is -1.88. The van der Waals surface area contributed by atoms with Crippen LogP contribution in [0.1, 0.15) is 65.5 Å². The van der Waals surface area contributed by atoms with Gasteiger partial charge in [-0.15, -0.1) is 0 Å². The highest BCUT2D eigenvalue weighted by Crippen LogP contribution is 2.44. The van der Waals surface area contributed by atoms with Gasteiger partial charge in [-0.25, -0.2) is 0 Å². The van der Waals surface area contributed by atoms with E-state index in [1.165, 1.54) is 0 Å². The number of rotatable bonds is 7. The van der Waals surface area contributed by atoms with E-state index >= 15 is 0 Å². The average Bonchev–Trinajstić information content (AvgIpc) is 2.86. The Labute approximate surface area is 162 Å². The van der Waals surface area contributed by atoms with Crippen LogP contribution in [0.4, 0.5) is 0 Å². The molecule has 1 aliphatic rings. The lowest BCUT2D eigenvalue weighted by molar-refractivity contribution is -0.169. The number of ether oxygens (including phenoxy) is 1. The van der Waals surface area contributed by atoms with Gasteiger partial charge in [0.1, 0.15) is 5.60 Å². The molecule has 0 spiro atoms. The molecule has 0 saturated carbocycles. The Kier molecular flexibility index (Phi) is 6.68. The fourth-order valence-corrected chi connectivity index (χ4v) is 3.76. The first-order chi connectivity index (χ1) is 12.6. The van der Waals surface area contributed by atoms with Crippen molar-refractivity contribution in [3.8, 4) is 0 Å². The molecule has 1 N–H and O–H groups in total. The van der Waals surface area contributed by atoms with E-state index in [0.717, 1.165) is 5.56 Å². The maximum atomic E-state index is 13.3. The van der Waals surface area contributed by atoms with Gasteiger partial charge in [-0.2, -0.15) is 0 Å². The van der Waals surface area contributed by atoms with E-state index in [0.29, 0.717) is 25.8 Å². The van der Waals surface area contributed by atoms with E-state index in [9.17, 15) is 9.59 Å². The molecule has 1 aromatic carbocycles. The van der Waals surface area contributed by atoms with Gasteiger partial charge in [-0.1, -0.05) is 36.8 Å². The number of esters is 1. The maximum absolute atomic E-state index is 13.3. The van der Waals surface area contributed by atoms with Crippen molar-refractivity contribution in [1.29, 1.82) is 0 Å². The van der Waals surface area contributed by atoms with Gasteiger partial charge in [0.05, 0.1) is 17.4 Å². The Bertz CT molecular complexity index is 652. The molecule has 1 aromatic rings. The average molecular weight is 376 g/mol. The summed E-state index contributed by atoms with van der Waals surface area (Å²) in [4.78, 5) is 28.1. The summed E-state index contributed by atoms with van der Waals surface area (Å²) in [6.45, 7) is 9.82. The van der Waals surface area contributed by atoms with Crippen LogP contribution in [0.15, 0.2) is 30.3 Å². The molecule has 0 aromatic heterocycles. The second-order valence-corrected chi connectivity index (χ2v) is 8.74. The molecule has 5 nitrogen and oxygen atoms in total. The van der Waals surface area contributed by atoms with Crippen LogP contribution in [0.5, 0.6) is 0 Å². The highest BCUT2D eigenvalue weighted by atomic mass is 16.6. The zero-order valence-corrected chi connectivity index (χ0v) is 17.2. The molecule has 2 rings (SSSR count).